The third-order valence-electron chi connectivity index (χ3n) is 7.24. The van der Waals surface area contributed by atoms with Crippen molar-refractivity contribution in [2.45, 2.75) is 74.6 Å². The molecule has 4 saturated carbocycles. The van der Waals surface area contributed by atoms with Gasteiger partial charge < -0.3 is 14.7 Å². The van der Waals surface area contributed by atoms with Gasteiger partial charge in [0.15, 0.2) is 5.60 Å². The number of ether oxygens (including phenoxy) is 1. The van der Waals surface area contributed by atoms with Gasteiger partial charge in [0, 0.05) is 36.7 Å². The lowest BCUT2D eigenvalue weighted by molar-refractivity contribution is -0.172. The second kappa shape index (κ2) is 6.47. The second-order valence-corrected chi connectivity index (χ2v) is 11.1. The van der Waals surface area contributed by atoms with Crippen LogP contribution in [0.25, 0.3) is 0 Å². The summed E-state index contributed by atoms with van der Waals surface area (Å²) in [6, 6.07) is 0. The van der Waals surface area contributed by atoms with Crippen molar-refractivity contribution in [2.24, 2.45) is 17.3 Å². The van der Waals surface area contributed by atoms with Crippen LogP contribution in [0.4, 0.5) is 0 Å². The smallest absolute Gasteiger partial charge is 0.338 e. The summed E-state index contributed by atoms with van der Waals surface area (Å²) in [4.78, 5) is 26.8. The first-order valence-electron chi connectivity index (χ1n) is 10.1. The topological polar surface area (TPSA) is 66.8 Å². The standard InChI is InChI=1S/C20H30BrNO4/c1-2-26-17(24)20(25)3-5-22(6-4-20)16(23)12-18-8-14-7-15(9-18)11-19(21,10-14)13-18/h14-15,25H,2-13H2,1H3. The molecule has 146 valence electrons. The minimum atomic E-state index is -1.42. The van der Waals surface area contributed by atoms with Crippen LogP contribution < -0.4 is 0 Å². The number of hydrogen-bond acceptors (Lipinski definition) is 4. The van der Waals surface area contributed by atoms with Crippen LogP contribution in [0.15, 0.2) is 0 Å². The zero-order valence-corrected chi connectivity index (χ0v) is 17.2. The molecule has 1 heterocycles. The minimum absolute atomic E-state index is 0.166. The van der Waals surface area contributed by atoms with Gasteiger partial charge in [0.25, 0.3) is 0 Å². The third-order valence-corrected chi connectivity index (χ3v) is 8.16. The Kier molecular flexibility index (Phi) is 4.66. The molecule has 5 aliphatic rings. The molecule has 4 aliphatic carbocycles. The van der Waals surface area contributed by atoms with Crippen LogP contribution in [0, 0.1) is 17.3 Å². The Balaban J connectivity index is 1.37. The number of likely N-dealkylation sites (tertiary alicyclic amines) is 1. The number of aliphatic hydroxyl groups is 1. The number of esters is 1. The van der Waals surface area contributed by atoms with Gasteiger partial charge in [-0.05, 0) is 62.7 Å². The predicted molar refractivity (Wildman–Crippen MR) is 101 cm³/mol. The van der Waals surface area contributed by atoms with E-state index in [1.54, 1.807) is 6.92 Å². The number of piperidine rings is 1. The van der Waals surface area contributed by atoms with Crippen molar-refractivity contribution >= 4 is 27.8 Å². The predicted octanol–water partition coefficient (Wildman–Crippen LogP) is 3.03. The van der Waals surface area contributed by atoms with Gasteiger partial charge in [0.05, 0.1) is 6.61 Å². The molecular formula is C20H30BrNO4. The van der Waals surface area contributed by atoms with E-state index in [0.717, 1.165) is 18.3 Å². The highest BCUT2D eigenvalue weighted by atomic mass is 79.9. The number of amides is 1. The van der Waals surface area contributed by atoms with Crippen molar-refractivity contribution in [3.63, 3.8) is 0 Å². The Labute approximate surface area is 164 Å². The molecule has 5 rings (SSSR count). The number of hydrogen-bond donors (Lipinski definition) is 1. The van der Waals surface area contributed by atoms with Crippen LogP contribution in [0.1, 0.15) is 64.7 Å². The molecule has 0 aromatic carbocycles. The monoisotopic (exact) mass is 427 g/mol. The zero-order chi connectivity index (χ0) is 18.6. The average Bonchev–Trinajstić information content (AvgIpc) is 2.52. The number of carbonyl (C=O) groups excluding carboxylic acids is 2. The molecule has 26 heavy (non-hydrogen) atoms. The van der Waals surface area contributed by atoms with E-state index in [9.17, 15) is 14.7 Å². The summed E-state index contributed by atoms with van der Waals surface area (Å²) in [5, 5.41) is 10.5. The molecule has 1 saturated heterocycles. The minimum Gasteiger partial charge on any atom is -0.464 e. The molecule has 2 atom stereocenters. The van der Waals surface area contributed by atoms with Crippen molar-refractivity contribution in [1.82, 2.24) is 4.90 Å². The molecule has 5 nitrogen and oxygen atoms in total. The molecule has 5 fully saturated rings. The molecule has 0 aromatic rings. The second-order valence-electron chi connectivity index (χ2n) is 9.42. The first-order chi connectivity index (χ1) is 12.2. The largest absolute Gasteiger partial charge is 0.464 e. The van der Waals surface area contributed by atoms with Gasteiger partial charge in [0.1, 0.15) is 0 Å². The Morgan fingerprint density at radius 2 is 1.77 bits per heavy atom. The Morgan fingerprint density at radius 1 is 1.15 bits per heavy atom. The lowest BCUT2D eigenvalue weighted by atomic mass is 9.48. The Hall–Kier alpha value is -0.620. The van der Waals surface area contributed by atoms with Crippen molar-refractivity contribution in [3.05, 3.63) is 0 Å². The average molecular weight is 428 g/mol. The molecule has 2 unspecified atom stereocenters. The van der Waals surface area contributed by atoms with Crippen LogP contribution in [0.3, 0.4) is 0 Å². The van der Waals surface area contributed by atoms with Gasteiger partial charge in [-0.3, -0.25) is 4.79 Å². The van der Waals surface area contributed by atoms with Gasteiger partial charge in [-0.15, -0.1) is 0 Å². The highest BCUT2D eigenvalue weighted by Crippen LogP contribution is 2.65. The fourth-order valence-electron chi connectivity index (χ4n) is 6.57. The molecule has 1 aliphatic heterocycles. The molecule has 0 aromatic heterocycles. The normalized spacial score (nSPS) is 40.5. The highest BCUT2D eigenvalue weighted by Gasteiger charge is 2.57. The lowest BCUT2D eigenvalue weighted by Crippen LogP contribution is -2.55. The van der Waals surface area contributed by atoms with Crippen LogP contribution in [-0.4, -0.2) is 51.5 Å². The van der Waals surface area contributed by atoms with Crippen LogP contribution in [-0.2, 0) is 14.3 Å². The highest BCUT2D eigenvalue weighted by molar-refractivity contribution is 9.10. The van der Waals surface area contributed by atoms with Gasteiger partial charge in [-0.25, -0.2) is 4.79 Å². The van der Waals surface area contributed by atoms with E-state index in [-0.39, 0.29) is 35.1 Å². The van der Waals surface area contributed by atoms with Gasteiger partial charge in [0.2, 0.25) is 5.91 Å². The maximum Gasteiger partial charge on any atom is 0.338 e. The van der Waals surface area contributed by atoms with E-state index in [1.807, 2.05) is 4.90 Å². The van der Waals surface area contributed by atoms with Crippen molar-refractivity contribution in [3.8, 4) is 0 Å². The summed E-state index contributed by atoms with van der Waals surface area (Å²) in [7, 11) is 0. The third kappa shape index (κ3) is 3.32. The molecular weight excluding hydrogens is 398 g/mol. The summed E-state index contributed by atoms with van der Waals surface area (Å²) >= 11 is 4.01. The SMILES string of the molecule is CCOC(=O)C1(O)CCN(C(=O)CC23CC4CC(CC(Br)(C4)C2)C3)CC1. The van der Waals surface area contributed by atoms with Crippen molar-refractivity contribution in [2.75, 3.05) is 19.7 Å². The van der Waals surface area contributed by atoms with Gasteiger partial charge in [-0.2, -0.15) is 0 Å². The van der Waals surface area contributed by atoms with E-state index < -0.39 is 11.6 Å². The van der Waals surface area contributed by atoms with Crippen LogP contribution >= 0.6 is 15.9 Å². The maximum atomic E-state index is 13.0. The maximum absolute atomic E-state index is 13.0. The van der Waals surface area contributed by atoms with Crippen molar-refractivity contribution < 1.29 is 19.4 Å². The summed E-state index contributed by atoms with van der Waals surface area (Å²) in [5.41, 5.74) is -1.26. The van der Waals surface area contributed by atoms with E-state index >= 15 is 0 Å². The Morgan fingerprint density at radius 3 is 2.31 bits per heavy atom. The molecule has 0 radical (unpaired) electrons. The number of halogens is 1. The van der Waals surface area contributed by atoms with Gasteiger partial charge in [-0.1, -0.05) is 15.9 Å². The Bertz CT molecular complexity index is 585. The fourth-order valence-corrected chi connectivity index (χ4v) is 8.08. The van der Waals surface area contributed by atoms with Crippen LogP contribution in [0.5, 0.6) is 0 Å². The summed E-state index contributed by atoms with van der Waals surface area (Å²) in [5.74, 6) is 1.21. The fraction of sp³-hybridized carbons (Fsp3) is 0.900. The number of alkyl halides is 1. The van der Waals surface area contributed by atoms with Gasteiger partial charge >= 0.3 is 5.97 Å². The molecule has 6 heteroatoms. The van der Waals surface area contributed by atoms with Crippen LogP contribution in [0.2, 0.25) is 0 Å². The first kappa shape index (κ1) is 18.7. The number of carbonyl (C=O) groups is 2. The van der Waals surface area contributed by atoms with E-state index in [4.69, 9.17) is 4.74 Å². The number of nitrogens with zero attached hydrogens (tertiary/aromatic N) is 1. The quantitative estimate of drug-likeness (QED) is 0.552. The lowest BCUT2D eigenvalue weighted by Gasteiger charge is -2.60. The van der Waals surface area contributed by atoms with Crippen molar-refractivity contribution in [1.29, 1.82) is 0 Å². The summed E-state index contributed by atoms with van der Waals surface area (Å²) < 4.78 is 5.25. The number of rotatable bonds is 4. The van der Waals surface area contributed by atoms with E-state index in [2.05, 4.69) is 15.9 Å². The first-order valence-corrected chi connectivity index (χ1v) is 10.9. The molecule has 1 N–H and O–H groups in total. The summed E-state index contributed by atoms with van der Waals surface area (Å²) in [6.45, 7) is 2.89. The van der Waals surface area contributed by atoms with E-state index in [0.29, 0.717) is 19.5 Å². The molecule has 0 spiro atoms. The molecule has 4 bridgehead atoms. The van der Waals surface area contributed by atoms with E-state index in [1.165, 1.54) is 32.1 Å². The summed E-state index contributed by atoms with van der Waals surface area (Å²) in [6.07, 6.45) is 8.60. The zero-order valence-electron chi connectivity index (χ0n) is 15.6. The molecule has 1 amide bonds.